The van der Waals surface area contributed by atoms with Gasteiger partial charge in [0.05, 0.1) is 12.2 Å². The van der Waals surface area contributed by atoms with Crippen LogP contribution >= 0.6 is 11.3 Å². The number of carbonyl (C=O) groups is 1. The van der Waals surface area contributed by atoms with E-state index >= 15 is 0 Å². The Morgan fingerprint density at radius 3 is 3.15 bits per heavy atom. The first-order chi connectivity index (χ1) is 6.29. The molecule has 0 aliphatic carbocycles. The van der Waals surface area contributed by atoms with Gasteiger partial charge in [-0.3, -0.25) is 0 Å². The van der Waals surface area contributed by atoms with Crippen LogP contribution < -0.4 is 0 Å². The highest BCUT2D eigenvalue weighted by Gasteiger charge is 2.12. The normalized spacial score (nSPS) is 9.00. The van der Waals surface area contributed by atoms with Crippen molar-refractivity contribution in [2.24, 2.45) is 4.99 Å². The number of thiophene rings is 1. The molecular formula is C8H7NO3S. The fourth-order valence-electron chi connectivity index (χ4n) is 0.794. The number of rotatable bonds is 3. The molecule has 0 radical (unpaired) electrons. The minimum Gasteiger partial charge on any atom is -0.462 e. The Bertz CT molecular complexity index is 352. The van der Waals surface area contributed by atoms with E-state index in [1.54, 1.807) is 18.4 Å². The first-order valence-corrected chi connectivity index (χ1v) is 4.50. The minimum absolute atomic E-state index is 0.304. The first-order valence-electron chi connectivity index (χ1n) is 3.62. The van der Waals surface area contributed by atoms with Crippen LogP contribution in [0.4, 0.5) is 5.00 Å². The van der Waals surface area contributed by atoms with Gasteiger partial charge in [-0.15, -0.1) is 11.3 Å². The minimum atomic E-state index is -0.460. The molecule has 1 heterocycles. The maximum absolute atomic E-state index is 11.2. The Balaban J connectivity index is 2.93. The molecule has 0 saturated carbocycles. The number of hydrogen-bond donors (Lipinski definition) is 0. The van der Waals surface area contributed by atoms with Gasteiger partial charge in [-0.1, -0.05) is 0 Å². The molecule has 0 unspecified atom stereocenters. The lowest BCUT2D eigenvalue weighted by Crippen LogP contribution is -2.02. The quantitative estimate of drug-likeness (QED) is 0.422. The smallest absolute Gasteiger partial charge is 0.341 e. The first kappa shape index (κ1) is 9.64. The van der Waals surface area contributed by atoms with Gasteiger partial charge in [-0.2, -0.15) is 4.99 Å². The number of carbonyl (C=O) groups excluding carboxylic acids is 2. The van der Waals surface area contributed by atoms with Gasteiger partial charge < -0.3 is 4.74 Å². The molecule has 0 fully saturated rings. The maximum atomic E-state index is 11.2. The van der Waals surface area contributed by atoms with Gasteiger partial charge in [0.2, 0.25) is 6.08 Å². The second kappa shape index (κ2) is 4.54. The van der Waals surface area contributed by atoms with Gasteiger partial charge >= 0.3 is 5.97 Å². The highest BCUT2D eigenvalue weighted by atomic mass is 32.1. The topological polar surface area (TPSA) is 55.7 Å². The number of hydrogen-bond acceptors (Lipinski definition) is 5. The number of aliphatic imine (C=N–C) groups is 1. The number of isocyanates is 1. The number of nitrogens with zero attached hydrogens (tertiary/aromatic N) is 1. The van der Waals surface area contributed by atoms with E-state index in [1.165, 1.54) is 17.4 Å². The molecule has 68 valence electrons. The van der Waals surface area contributed by atoms with E-state index in [9.17, 15) is 9.59 Å². The van der Waals surface area contributed by atoms with Crippen molar-refractivity contribution in [1.82, 2.24) is 0 Å². The highest BCUT2D eigenvalue weighted by Crippen LogP contribution is 2.26. The third kappa shape index (κ3) is 2.24. The lowest BCUT2D eigenvalue weighted by molar-refractivity contribution is 0.0528. The molecule has 0 bridgehead atoms. The molecule has 5 heteroatoms. The van der Waals surface area contributed by atoms with Crippen LogP contribution in [0.15, 0.2) is 16.4 Å². The van der Waals surface area contributed by atoms with Crippen LogP contribution in [-0.2, 0) is 9.53 Å². The van der Waals surface area contributed by atoms with Gasteiger partial charge in [0.15, 0.2) is 0 Å². The molecule has 13 heavy (non-hydrogen) atoms. The van der Waals surface area contributed by atoms with Crippen molar-refractivity contribution in [3.63, 3.8) is 0 Å². The summed E-state index contributed by atoms with van der Waals surface area (Å²) in [5.41, 5.74) is 0.315. The van der Waals surface area contributed by atoms with Crippen molar-refractivity contribution in [2.45, 2.75) is 6.92 Å². The highest BCUT2D eigenvalue weighted by molar-refractivity contribution is 7.14. The van der Waals surface area contributed by atoms with Crippen LogP contribution in [0.5, 0.6) is 0 Å². The Labute approximate surface area is 78.9 Å². The Morgan fingerprint density at radius 1 is 1.77 bits per heavy atom. The van der Waals surface area contributed by atoms with Gasteiger partial charge in [0.25, 0.3) is 0 Å². The lowest BCUT2D eigenvalue weighted by atomic mass is 10.3. The Hall–Kier alpha value is -1.45. The summed E-state index contributed by atoms with van der Waals surface area (Å²) in [7, 11) is 0. The summed E-state index contributed by atoms with van der Waals surface area (Å²) in [4.78, 5) is 24.5. The fraction of sp³-hybridized carbons (Fsp3) is 0.250. The van der Waals surface area contributed by atoms with E-state index in [0.29, 0.717) is 17.2 Å². The monoisotopic (exact) mass is 197 g/mol. The lowest BCUT2D eigenvalue weighted by Gasteiger charge is -1.98. The van der Waals surface area contributed by atoms with Crippen molar-refractivity contribution in [3.05, 3.63) is 17.0 Å². The van der Waals surface area contributed by atoms with Crippen LogP contribution in [0, 0.1) is 0 Å². The molecule has 1 aromatic heterocycles. The predicted octanol–water partition coefficient (Wildman–Crippen LogP) is 1.89. The van der Waals surface area contributed by atoms with E-state index in [1.807, 2.05) is 0 Å². The van der Waals surface area contributed by atoms with Crippen LogP contribution in [0.2, 0.25) is 0 Å². The molecule has 0 aromatic carbocycles. The summed E-state index contributed by atoms with van der Waals surface area (Å²) in [6.45, 7) is 2.02. The molecular weight excluding hydrogens is 190 g/mol. The largest absolute Gasteiger partial charge is 0.462 e. The zero-order valence-corrected chi connectivity index (χ0v) is 7.76. The van der Waals surface area contributed by atoms with Crippen LogP contribution in [0.1, 0.15) is 17.3 Å². The zero-order chi connectivity index (χ0) is 9.68. The van der Waals surface area contributed by atoms with Gasteiger partial charge in [-0.05, 0) is 18.4 Å². The van der Waals surface area contributed by atoms with Crippen LogP contribution in [0.3, 0.4) is 0 Å². The molecule has 0 atom stereocenters. The number of ether oxygens (including phenoxy) is 1. The Morgan fingerprint density at radius 2 is 2.54 bits per heavy atom. The summed E-state index contributed by atoms with van der Waals surface area (Å²) >= 11 is 1.20. The molecule has 0 amide bonds. The molecule has 0 spiro atoms. The van der Waals surface area contributed by atoms with Gasteiger partial charge in [0.1, 0.15) is 5.00 Å². The summed E-state index contributed by atoms with van der Waals surface area (Å²) in [6.07, 6.45) is 1.39. The number of esters is 1. The molecule has 1 aromatic rings. The summed E-state index contributed by atoms with van der Waals surface area (Å²) in [5, 5.41) is 2.01. The molecule has 1 rings (SSSR count). The second-order valence-corrected chi connectivity index (χ2v) is 2.96. The van der Waals surface area contributed by atoms with Crippen LogP contribution in [-0.4, -0.2) is 18.7 Å². The van der Waals surface area contributed by atoms with Gasteiger partial charge in [0, 0.05) is 0 Å². The van der Waals surface area contributed by atoms with E-state index in [4.69, 9.17) is 4.74 Å². The summed E-state index contributed by atoms with van der Waals surface area (Å²) in [6, 6.07) is 1.57. The van der Waals surface area contributed by atoms with Crippen molar-refractivity contribution >= 4 is 28.4 Å². The molecule has 0 saturated heterocycles. The zero-order valence-electron chi connectivity index (χ0n) is 6.94. The molecule has 0 aliphatic heterocycles. The molecule has 4 nitrogen and oxygen atoms in total. The van der Waals surface area contributed by atoms with Crippen LogP contribution in [0.25, 0.3) is 0 Å². The van der Waals surface area contributed by atoms with Crippen molar-refractivity contribution in [1.29, 1.82) is 0 Å². The Kier molecular flexibility index (Phi) is 3.37. The fourth-order valence-corrected chi connectivity index (χ4v) is 1.49. The summed E-state index contributed by atoms with van der Waals surface area (Å²) in [5.74, 6) is -0.460. The average Bonchev–Trinajstić information content (AvgIpc) is 2.54. The van der Waals surface area contributed by atoms with Crippen molar-refractivity contribution in [3.8, 4) is 0 Å². The third-order valence-electron chi connectivity index (χ3n) is 1.29. The maximum Gasteiger partial charge on any atom is 0.341 e. The molecule has 0 aliphatic rings. The van der Waals surface area contributed by atoms with E-state index in [2.05, 4.69) is 4.99 Å². The second-order valence-electron chi connectivity index (χ2n) is 2.06. The molecule has 0 N–H and O–H groups in total. The van der Waals surface area contributed by atoms with E-state index < -0.39 is 5.97 Å². The van der Waals surface area contributed by atoms with E-state index in [0.717, 1.165) is 0 Å². The van der Waals surface area contributed by atoms with Crippen molar-refractivity contribution in [2.75, 3.05) is 6.61 Å². The predicted molar refractivity (Wildman–Crippen MR) is 48.1 cm³/mol. The van der Waals surface area contributed by atoms with E-state index in [-0.39, 0.29) is 0 Å². The standard InChI is InChI=1S/C8H7NO3S/c1-2-12-8(11)6-3-4-13-7(6)9-5-10/h3-4H,2H2,1H3. The van der Waals surface area contributed by atoms with Crippen molar-refractivity contribution < 1.29 is 14.3 Å². The van der Waals surface area contributed by atoms with Gasteiger partial charge in [-0.25, -0.2) is 9.59 Å². The average molecular weight is 197 g/mol. The third-order valence-corrected chi connectivity index (χ3v) is 2.09. The SMILES string of the molecule is CCOC(=O)c1ccsc1N=C=O. The summed E-state index contributed by atoms with van der Waals surface area (Å²) < 4.78 is 4.75.